The minimum Gasteiger partial charge on any atom is -0.396 e. The van der Waals surface area contributed by atoms with Gasteiger partial charge in [-0.05, 0) is 37.5 Å². The van der Waals surface area contributed by atoms with Gasteiger partial charge in [0.15, 0.2) is 0 Å². The number of rotatable bonds is 4. The van der Waals surface area contributed by atoms with Gasteiger partial charge in [-0.2, -0.15) is 0 Å². The Morgan fingerprint density at radius 1 is 1.41 bits per heavy atom. The number of benzene rings is 1. The molecule has 5 heteroatoms. The van der Waals surface area contributed by atoms with E-state index in [0.717, 1.165) is 28.4 Å². The summed E-state index contributed by atoms with van der Waals surface area (Å²) < 4.78 is 1.69. The lowest BCUT2D eigenvalue weighted by molar-refractivity contribution is 0.288. The Morgan fingerprint density at radius 3 is 2.94 bits per heavy atom. The predicted molar refractivity (Wildman–Crippen MR) is 66.5 cm³/mol. The maximum Gasteiger partial charge on any atom is 0.0832 e. The van der Waals surface area contributed by atoms with Crippen LogP contribution in [0.2, 0.25) is 5.02 Å². The third kappa shape index (κ3) is 2.84. The average Bonchev–Trinajstić information content (AvgIpc) is 2.79. The number of aliphatic hydroxyl groups is 1. The predicted octanol–water partition coefficient (Wildman–Crippen LogP) is 2.15. The van der Waals surface area contributed by atoms with E-state index in [9.17, 15) is 0 Å². The third-order valence-electron chi connectivity index (χ3n) is 2.55. The second-order valence-corrected chi connectivity index (χ2v) is 4.32. The number of hydrogen-bond donors (Lipinski definition) is 1. The molecule has 0 unspecified atom stereocenters. The summed E-state index contributed by atoms with van der Waals surface area (Å²) in [5.41, 5.74) is 2.80. The maximum atomic E-state index is 8.75. The van der Waals surface area contributed by atoms with Crippen molar-refractivity contribution in [2.75, 3.05) is 6.61 Å². The summed E-state index contributed by atoms with van der Waals surface area (Å²) in [5, 5.41) is 17.5. The van der Waals surface area contributed by atoms with Crippen molar-refractivity contribution in [2.45, 2.75) is 19.8 Å². The minimum atomic E-state index is 0.170. The summed E-state index contributed by atoms with van der Waals surface area (Å²) in [5.74, 6) is 0. The molecule has 0 fully saturated rings. The van der Waals surface area contributed by atoms with Crippen molar-refractivity contribution < 1.29 is 5.11 Å². The second kappa shape index (κ2) is 5.29. The summed E-state index contributed by atoms with van der Waals surface area (Å²) >= 11 is 6.06. The van der Waals surface area contributed by atoms with Crippen LogP contribution < -0.4 is 0 Å². The number of aryl methyl sites for hydroxylation is 2. The molecule has 17 heavy (non-hydrogen) atoms. The molecule has 1 aromatic carbocycles. The highest BCUT2D eigenvalue weighted by atomic mass is 35.5. The van der Waals surface area contributed by atoms with E-state index < -0.39 is 0 Å². The standard InChI is InChI=1S/C12H14ClN3O/c1-9-4-5-11(7-12(9)13)16-8-10(14-15-16)3-2-6-17/h4-5,7-8,17H,2-3,6H2,1H3. The Morgan fingerprint density at radius 2 is 2.24 bits per heavy atom. The Labute approximate surface area is 105 Å². The lowest BCUT2D eigenvalue weighted by atomic mass is 10.2. The number of hydrogen-bond acceptors (Lipinski definition) is 3. The van der Waals surface area contributed by atoms with E-state index in [1.54, 1.807) is 4.68 Å². The Balaban J connectivity index is 2.21. The van der Waals surface area contributed by atoms with Crippen molar-refractivity contribution >= 4 is 11.6 Å². The molecule has 1 aromatic heterocycles. The van der Waals surface area contributed by atoms with Crippen LogP contribution in [-0.4, -0.2) is 26.7 Å². The smallest absolute Gasteiger partial charge is 0.0832 e. The number of aliphatic hydroxyl groups excluding tert-OH is 1. The third-order valence-corrected chi connectivity index (χ3v) is 2.96. The fourth-order valence-electron chi connectivity index (χ4n) is 1.52. The fourth-order valence-corrected chi connectivity index (χ4v) is 1.70. The van der Waals surface area contributed by atoms with E-state index in [2.05, 4.69) is 10.3 Å². The topological polar surface area (TPSA) is 50.9 Å². The minimum absolute atomic E-state index is 0.170. The van der Waals surface area contributed by atoms with Crippen molar-refractivity contribution in [3.05, 3.63) is 40.7 Å². The molecule has 0 saturated carbocycles. The summed E-state index contributed by atoms with van der Waals surface area (Å²) in [7, 11) is 0. The monoisotopic (exact) mass is 251 g/mol. The molecule has 0 radical (unpaired) electrons. The number of nitrogens with zero attached hydrogens (tertiary/aromatic N) is 3. The van der Waals surface area contributed by atoms with Gasteiger partial charge in [-0.3, -0.25) is 0 Å². The SMILES string of the molecule is Cc1ccc(-n2cc(CCCO)nn2)cc1Cl. The van der Waals surface area contributed by atoms with Gasteiger partial charge in [-0.25, -0.2) is 4.68 Å². The van der Waals surface area contributed by atoms with Gasteiger partial charge in [-0.1, -0.05) is 22.9 Å². The van der Waals surface area contributed by atoms with E-state index in [0.29, 0.717) is 6.42 Å². The zero-order chi connectivity index (χ0) is 12.3. The van der Waals surface area contributed by atoms with E-state index in [4.69, 9.17) is 16.7 Å². The normalized spacial score (nSPS) is 10.8. The van der Waals surface area contributed by atoms with Crippen molar-refractivity contribution in [1.82, 2.24) is 15.0 Å². The highest BCUT2D eigenvalue weighted by Crippen LogP contribution is 2.19. The van der Waals surface area contributed by atoms with Gasteiger partial charge in [-0.15, -0.1) is 5.10 Å². The first-order valence-electron chi connectivity index (χ1n) is 5.49. The van der Waals surface area contributed by atoms with Gasteiger partial charge in [0.2, 0.25) is 0 Å². The zero-order valence-electron chi connectivity index (χ0n) is 9.60. The molecule has 0 aliphatic rings. The summed E-state index contributed by atoms with van der Waals surface area (Å²) in [6.07, 6.45) is 3.29. The van der Waals surface area contributed by atoms with E-state index in [1.807, 2.05) is 31.3 Å². The fraction of sp³-hybridized carbons (Fsp3) is 0.333. The van der Waals surface area contributed by atoms with Gasteiger partial charge in [0.1, 0.15) is 0 Å². The lowest BCUT2D eigenvalue weighted by Gasteiger charge is -2.02. The molecule has 0 spiro atoms. The van der Waals surface area contributed by atoms with Crippen LogP contribution in [0.5, 0.6) is 0 Å². The van der Waals surface area contributed by atoms with E-state index in [1.165, 1.54) is 0 Å². The molecular weight excluding hydrogens is 238 g/mol. The molecule has 4 nitrogen and oxygen atoms in total. The highest BCUT2D eigenvalue weighted by Gasteiger charge is 2.04. The molecule has 0 aliphatic carbocycles. The molecule has 0 aliphatic heterocycles. The Hall–Kier alpha value is -1.39. The molecule has 0 bridgehead atoms. The van der Waals surface area contributed by atoms with Gasteiger partial charge >= 0.3 is 0 Å². The molecule has 90 valence electrons. The molecular formula is C12H14ClN3O. The Kier molecular flexibility index (Phi) is 3.76. The molecule has 2 aromatic rings. The molecule has 1 heterocycles. The quantitative estimate of drug-likeness (QED) is 0.906. The van der Waals surface area contributed by atoms with Crippen LogP contribution in [0.15, 0.2) is 24.4 Å². The first kappa shape index (κ1) is 12.1. The van der Waals surface area contributed by atoms with Gasteiger partial charge < -0.3 is 5.11 Å². The maximum absolute atomic E-state index is 8.75. The first-order chi connectivity index (χ1) is 8.20. The zero-order valence-corrected chi connectivity index (χ0v) is 10.4. The number of aromatic nitrogens is 3. The molecule has 0 saturated heterocycles. The molecule has 2 rings (SSSR count). The van der Waals surface area contributed by atoms with Gasteiger partial charge in [0.25, 0.3) is 0 Å². The summed E-state index contributed by atoms with van der Waals surface area (Å²) in [6.45, 7) is 2.13. The highest BCUT2D eigenvalue weighted by molar-refractivity contribution is 6.31. The van der Waals surface area contributed by atoms with Crippen LogP contribution in [0.4, 0.5) is 0 Å². The van der Waals surface area contributed by atoms with Crippen molar-refractivity contribution in [3.63, 3.8) is 0 Å². The first-order valence-corrected chi connectivity index (χ1v) is 5.87. The molecule has 0 amide bonds. The largest absolute Gasteiger partial charge is 0.396 e. The van der Waals surface area contributed by atoms with Crippen LogP contribution in [-0.2, 0) is 6.42 Å². The molecule has 1 N–H and O–H groups in total. The second-order valence-electron chi connectivity index (χ2n) is 3.92. The lowest BCUT2D eigenvalue weighted by Crippen LogP contribution is -1.95. The van der Waals surface area contributed by atoms with Crippen LogP contribution in [0, 0.1) is 6.92 Å². The van der Waals surface area contributed by atoms with Crippen LogP contribution in [0.1, 0.15) is 17.7 Å². The molecule has 0 atom stereocenters. The van der Waals surface area contributed by atoms with Crippen LogP contribution >= 0.6 is 11.6 Å². The van der Waals surface area contributed by atoms with Crippen molar-refractivity contribution in [2.24, 2.45) is 0 Å². The van der Waals surface area contributed by atoms with Gasteiger partial charge in [0.05, 0.1) is 17.6 Å². The summed E-state index contributed by atoms with van der Waals surface area (Å²) in [6, 6.07) is 5.76. The van der Waals surface area contributed by atoms with Crippen molar-refractivity contribution in [3.8, 4) is 5.69 Å². The van der Waals surface area contributed by atoms with Crippen LogP contribution in [0.3, 0.4) is 0 Å². The van der Waals surface area contributed by atoms with E-state index >= 15 is 0 Å². The Bertz CT molecular complexity index is 510. The van der Waals surface area contributed by atoms with Gasteiger partial charge in [0, 0.05) is 11.6 Å². The average molecular weight is 252 g/mol. The van der Waals surface area contributed by atoms with Crippen LogP contribution in [0.25, 0.3) is 5.69 Å². The summed E-state index contributed by atoms with van der Waals surface area (Å²) in [4.78, 5) is 0. The van der Waals surface area contributed by atoms with E-state index in [-0.39, 0.29) is 6.61 Å². The number of halogens is 1. The van der Waals surface area contributed by atoms with Crippen molar-refractivity contribution in [1.29, 1.82) is 0 Å².